The average molecular weight is 414 g/mol. The zero-order valence-corrected chi connectivity index (χ0v) is 17.5. The summed E-state index contributed by atoms with van der Waals surface area (Å²) in [5.41, 5.74) is 3.49. The number of hydrogen-bond donors (Lipinski definition) is 1. The molecule has 0 spiro atoms. The monoisotopic (exact) mass is 413 g/mol. The minimum atomic E-state index is 0.395. The van der Waals surface area contributed by atoms with Crippen molar-refractivity contribution < 1.29 is 4.74 Å². The van der Waals surface area contributed by atoms with Crippen LogP contribution in [-0.4, -0.2) is 6.04 Å². The maximum atomic E-state index is 6.42. The molecule has 146 valence electrons. The van der Waals surface area contributed by atoms with Crippen molar-refractivity contribution in [2.45, 2.75) is 39.0 Å². The van der Waals surface area contributed by atoms with Gasteiger partial charge in [0.05, 0.1) is 10.0 Å². The summed E-state index contributed by atoms with van der Waals surface area (Å²) in [6.45, 7) is 3.35. The van der Waals surface area contributed by atoms with E-state index in [1.54, 1.807) is 0 Å². The van der Waals surface area contributed by atoms with E-state index in [9.17, 15) is 0 Å². The number of aryl methyl sites for hydroxylation is 1. The fraction of sp³-hybridized carbons (Fsp3) is 0.250. The highest BCUT2D eigenvalue weighted by atomic mass is 35.5. The van der Waals surface area contributed by atoms with Gasteiger partial charge >= 0.3 is 0 Å². The summed E-state index contributed by atoms with van der Waals surface area (Å²) in [6.07, 6.45) is 2.13. The molecule has 3 aromatic rings. The van der Waals surface area contributed by atoms with E-state index in [1.807, 2.05) is 48.5 Å². The molecule has 0 aliphatic heterocycles. The molecule has 0 unspecified atom stereocenters. The molecule has 0 saturated heterocycles. The van der Waals surface area contributed by atoms with E-state index < -0.39 is 0 Å². The third-order valence-corrected chi connectivity index (χ3v) is 5.21. The summed E-state index contributed by atoms with van der Waals surface area (Å²) in [5, 5.41) is 4.62. The van der Waals surface area contributed by atoms with Crippen molar-refractivity contribution in [1.82, 2.24) is 5.32 Å². The van der Waals surface area contributed by atoms with Gasteiger partial charge in [-0.2, -0.15) is 0 Å². The first-order valence-corrected chi connectivity index (χ1v) is 10.3. The van der Waals surface area contributed by atoms with Crippen molar-refractivity contribution in [2.24, 2.45) is 0 Å². The molecule has 1 atom stereocenters. The van der Waals surface area contributed by atoms with Gasteiger partial charge in [0.25, 0.3) is 0 Å². The van der Waals surface area contributed by atoms with Crippen LogP contribution in [0.3, 0.4) is 0 Å². The van der Waals surface area contributed by atoms with Crippen molar-refractivity contribution in [2.75, 3.05) is 0 Å². The highest BCUT2D eigenvalue weighted by Crippen LogP contribution is 2.34. The SMILES string of the molecule is C[C@@H](CCc1ccccc1)NCc1cc(Cl)c(OCc2ccccc2)c(Cl)c1. The van der Waals surface area contributed by atoms with Gasteiger partial charge in [0.1, 0.15) is 6.61 Å². The Kier molecular flexibility index (Phi) is 7.79. The lowest BCUT2D eigenvalue weighted by Crippen LogP contribution is -2.26. The average Bonchev–Trinajstić information content (AvgIpc) is 2.71. The normalized spacial score (nSPS) is 12.0. The fourth-order valence-corrected chi connectivity index (χ4v) is 3.65. The number of halogens is 2. The lowest BCUT2D eigenvalue weighted by atomic mass is 10.1. The maximum Gasteiger partial charge on any atom is 0.156 e. The van der Waals surface area contributed by atoms with Crippen LogP contribution in [0.25, 0.3) is 0 Å². The van der Waals surface area contributed by atoms with E-state index in [0.29, 0.717) is 35.0 Å². The Morgan fingerprint density at radius 2 is 1.39 bits per heavy atom. The van der Waals surface area contributed by atoms with Gasteiger partial charge in [-0.3, -0.25) is 0 Å². The van der Waals surface area contributed by atoms with Crippen molar-refractivity contribution in [3.05, 3.63) is 99.5 Å². The number of ether oxygens (including phenoxy) is 1. The van der Waals surface area contributed by atoms with Crippen LogP contribution in [0.15, 0.2) is 72.8 Å². The van der Waals surface area contributed by atoms with Gasteiger partial charge in [-0.15, -0.1) is 0 Å². The Morgan fingerprint density at radius 1 is 0.821 bits per heavy atom. The van der Waals surface area contributed by atoms with Crippen LogP contribution < -0.4 is 10.1 Å². The summed E-state index contributed by atoms with van der Waals surface area (Å²) in [7, 11) is 0. The van der Waals surface area contributed by atoms with E-state index in [0.717, 1.165) is 24.0 Å². The lowest BCUT2D eigenvalue weighted by Gasteiger charge is -2.16. The molecule has 0 saturated carbocycles. The minimum Gasteiger partial charge on any atom is -0.486 e. The summed E-state index contributed by atoms with van der Waals surface area (Å²) >= 11 is 12.8. The molecular weight excluding hydrogens is 389 g/mol. The van der Waals surface area contributed by atoms with E-state index >= 15 is 0 Å². The van der Waals surface area contributed by atoms with Gasteiger partial charge in [0, 0.05) is 12.6 Å². The van der Waals surface area contributed by atoms with Gasteiger partial charge in [0.15, 0.2) is 5.75 Å². The number of nitrogens with one attached hydrogen (secondary N) is 1. The van der Waals surface area contributed by atoms with Crippen molar-refractivity contribution in [1.29, 1.82) is 0 Å². The van der Waals surface area contributed by atoms with E-state index in [2.05, 4.69) is 36.5 Å². The second kappa shape index (κ2) is 10.5. The van der Waals surface area contributed by atoms with Crippen molar-refractivity contribution in [3.8, 4) is 5.75 Å². The summed E-state index contributed by atoms with van der Waals surface area (Å²) < 4.78 is 5.84. The topological polar surface area (TPSA) is 21.3 Å². The number of benzene rings is 3. The zero-order chi connectivity index (χ0) is 19.8. The van der Waals surface area contributed by atoms with Gasteiger partial charge in [0.2, 0.25) is 0 Å². The highest BCUT2D eigenvalue weighted by molar-refractivity contribution is 6.37. The molecule has 0 radical (unpaired) electrons. The van der Waals surface area contributed by atoms with Crippen LogP contribution in [-0.2, 0) is 19.6 Å². The molecule has 2 nitrogen and oxygen atoms in total. The molecule has 0 aliphatic carbocycles. The second-order valence-electron chi connectivity index (χ2n) is 6.97. The standard InChI is InChI=1S/C24H25Cl2NO/c1-18(12-13-19-8-4-2-5-9-19)27-16-21-14-22(25)24(23(26)15-21)28-17-20-10-6-3-7-11-20/h2-11,14-15,18,27H,12-13,16-17H2,1H3/t18-/m0/s1. The summed E-state index contributed by atoms with van der Waals surface area (Å²) in [6, 6.07) is 24.7. The largest absolute Gasteiger partial charge is 0.486 e. The molecule has 0 aromatic heterocycles. The Hall–Kier alpha value is -2.00. The second-order valence-corrected chi connectivity index (χ2v) is 7.78. The quantitative estimate of drug-likeness (QED) is 0.422. The van der Waals surface area contributed by atoms with Gasteiger partial charge < -0.3 is 10.1 Å². The first-order chi connectivity index (χ1) is 13.6. The molecule has 1 N–H and O–H groups in total. The van der Waals surface area contributed by atoms with Crippen LogP contribution in [0.1, 0.15) is 30.0 Å². The van der Waals surface area contributed by atoms with Crippen LogP contribution in [0.5, 0.6) is 5.75 Å². The Bertz CT molecular complexity index is 845. The summed E-state index contributed by atoms with van der Waals surface area (Å²) in [4.78, 5) is 0. The predicted octanol–water partition coefficient (Wildman–Crippen LogP) is 6.68. The number of hydrogen-bond acceptors (Lipinski definition) is 2. The summed E-state index contributed by atoms with van der Waals surface area (Å²) in [5.74, 6) is 0.535. The van der Waals surface area contributed by atoms with Crippen LogP contribution >= 0.6 is 23.2 Å². The molecule has 0 fully saturated rings. The lowest BCUT2D eigenvalue weighted by molar-refractivity contribution is 0.306. The molecule has 4 heteroatoms. The van der Waals surface area contributed by atoms with E-state index in [4.69, 9.17) is 27.9 Å². The maximum absolute atomic E-state index is 6.42. The molecule has 0 heterocycles. The van der Waals surface area contributed by atoms with E-state index in [1.165, 1.54) is 5.56 Å². The smallest absolute Gasteiger partial charge is 0.156 e. The zero-order valence-electron chi connectivity index (χ0n) is 16.0. The third-order valence-electron chi connectivity index (χ3n) is 4.65. The first-order valence-electron chi connectivity index (χ1n) is 9.54. The molecule has 0 bridgehead atoms. The van der Waals surface area contributed by atoms with Gasteiger partial charge in [-0.1, -0.05) is 83.9 Å². The Balaban J connectivity index is 1.52. The van der Waals surface area contributed by atoms with E-state index in [-0.39, 0.29) is 0 Å². The molecule has 28 heavy (non-hydrogen) atoms. The fourth-order valence-electron chi connectivity index (χ4n) is 3.00. The van der Waals surface area contributed by atoms with Crippen LogP contribution in [0.4, 0.5) is 0 Å². The highest BCUT2D eigenvalue weighted by Gasteiger charge is 2.11. The van der Waals surface area contributed by atoms with Crippen molar-refractivity contribution in [3.63, 3.8) is 0 Å². The Morgan fingerprint density at radius 3 is 2.00 bits per heavy atom. The predicted molar refractivity (Wildman–Crippen MR) is 118 cm³/mol. The van der Waals surface area contributed by atoms with Crippen LogP contribution in [0, 0.1) is 0 Å². The minimum absolute atomic E-state index is 0.395. The molecule has 3 rings (SSSR count). The third kappa shape index (κ3) is 6.27. The van der Waals surface area contributed by atoms with Crippen molar-refractivity contribution >= 4 is 23.2 Å². The molecule has 0 aliphatic rings. The molecule has 0 amide bonds. The van der Waals surface area contributed by atoms with Gasteiger partial charge in [-0.05, 0) is 48.6 Å². The molecule has 3 aromatic carbocycles. The van der Waals surface area contributed by atoms with Gasteiger partial charge in [-0.25, -0.2) is 0 Å². The number of rotatable bonds is 9. The first kappa shape index (κ1) is 20.7. The molecular formula is C24H25Cl2NO. The Labute approximate surface area is 177 Å². The van der Waals surface area contributed by atoms with Crippen LogP contribution in [0.2, 0.25) is 10.0 Å².